The normalized spacial score (nSPS) is 21.7. The second-order valence-electron chi connectivity index (χ2n) is 7.02. The number of nitrogens with zero attached hydrogens (tertiary/aromatic N) is 1. The fourth-order valence-electron chi connectivity index (χ4n) is 3.78. The summed E-state index contributed by atoms with van der Waals surface area (Å²) in [6.45, 7) is 1.09. The van der Waals surface area contributed by atoms with Gasteiger partial charge in [-0.1, -0.05) is 0 Å². The lowest BCUT2D eigenvalue weighted by atomic mass is 9.88. The molecule has 1 amide bonds. The number of carbonyl (C=O) groups is 1. The van der Waals surface area contributed by atoms with Gasteiger partial charge in [0.1, 0.15) is 0 Å². The third-order valence-corrected chi connectivity index (χ3v) is 5.25. The zero-order valence-corrected chi connectivity index (χ0v) is 15.4. The van der Waals surface area contributed by atoms with Crippen molar-refractivity contribution in [1.29, 1.82) is 0 Å². The van der Waals surface area contributed by atoms with Crippen molar-refractivity contribution in [3.05, 3.63) is 34.9 Å². The average Bonchev–Trinajstić information content (AvgIpc) is 2.63. The van der Waals surface area contributed by atoms with Crippen LogP contribution in [-0.4, -0.2) is 43.2 Å². The first kappa shape index (κ1) is 21.9. The molecule has 1 unspecified atom stereocenters. The summed E-state index contributed by atoms with van der Waals surface area (Å²) in [5.41, 5.74) is 0.0551. The van der Waals surface area contributed by atoms with Gasteiger partial charge in [0.2, 0.25) is 0 Å². The van der Waals surface area contributed by atoms with Crippen molar-refractivity contribution in [2.45, 2.75) is 37.8 Å². The maximum atomic E-state index is 14.2. The molecule has 2 saturated heterocycles. The van der Waals surface area contributed by atoms with E-state index in [0.29, 0.717) is 25.9 Å². The van der Waals surface area contributed by atoms with Crippen LogP contribution in [0, 0.1) is 17.6 Å². The van der Waals surface area contributed by atoms with Crippen molar-refractivity contribution in [2.24, 2.45) is 5.92 Å². The molecular formula is C18H22ClF5N2O. The Labute approximate surface area is 160 Å². The number of rotatable bonds is 2. The quantitative estimate of drug-likeness (QED) is 0.736. The molecule has 152 valence electrons. The molecule has 0 saturated carbocycles. The summed E-state index contributed by atoms with van der Waals surface area (Å²) in [5, 5.41) is 3.13. The number of likely N-dealkylation sites (tertiary alicyclic amines) is 1. The van der Waals surface area contributed by atoms with Crippen molar-refractivity contribution in [2.75, 3.05) is 26.2 Å². The standard InChI is InChI=1S/C18H21F5N2O.ClH/c19-15-9-12(8-14(16(15)20)11-3-5-24-6-4-11)17(26)25-7-1-2-13(10-25)18(21,22)23;/h8-9,11,13,24H,1-7,10H2;1H. The molecule has 27 heavy (non-hydrogen) atoms. The first-order valence-corrected chi connectivity index (χ1v) is 8.83. The molecule has 2 fully saturated rings. The minimum absolute atomic E-state index is 0. The maximum Gasteiger partial charge on any atom is 0.393 e. The van der Waals surface area contributed by atoms with Crippen LogP contribution in [0.15, 0.2) is 12.1 Å². The van der Waals surface area contributed by atoms with Crippen LogP contribution in [0.3, 0.4) is 0 Å². The van der Waals surface area contributed by atoms with Crippen LogP contribution in [-0.2, 0) is 0 Å². The number of carbonyl (C=O) groups excluding carboxylic acids is 1. The Morgan fingerprint density at radius 3 is 2.41 bits per heavy atom. The highest BCUT2D eigenvalue weighted by molar-refractivity contribution is 5.94. The van der Waals surface area contributed by atoms with Crippen LogP contribution < -0.4 is 5.32 Å². The van der Waals surface area contributed by atoms with Crippen molar-refractivity contribution in [1.82, 2.24) is 10.2 Å². The highest BCUT2D eigenvalue weighted by atomic mass is 35.5. The minimum atomic E-state index is -4.37. The second-order valence-corrected chi connectivity index (χ2v) is 7.02. The van der Waals surface area contributed by atoms with Crippen LogP contribution in [0.2, 0.25) is 0 Å². The Hall–Kier alpha value is -1.41. The summed E-state index contributed by atoms with van der Waals surface area (Å²) in [6, 6.07) is 2.10. The molecule has 3 nitrogen and oxygen atoms in total. The number of piperidine rings is 2. The van der Waals surface area contributed by atoms with E-state index in [4.69, 9.17) is 0 Å². The molecule has 1 N–H and O–H groups in total. The highest BCUT2D eigenvalue weighted by Gasteiger charge is 2.42. The highest BCUT2D eigenvalue weighted by Crippen LogP contribution is 2.34. The topological polar surface area (TPSA) is 32.3 Å². The van der Waals surface area contributed by atoms with Gasteiger partial charge in [-0.2, -0.15) is 13.2 Å². The number of hydrogen-bond donors (Lipinski definition) is 1. The number of nitrogens with one attached hydrogen (secondary N) is 1. The monoisotopic (exact) mass is 412 g/mol. The molecule has 9 heteroatoms. The zero-order chi connectivity index (χ0) is 18.9. The molecule has 3 rings (SSSR count). The summed E-state index contributed by atoms with van der Waals surface area (Å²) in [7, 11) is 0. The minimum Gasteiger partial charge on any atom is -0.338 e. The van der Waals surface area contributed by atoms with Crippen LogP contribution in [0.5, 0.6) is 0 Å². The summed E-state index contributed by atoms with van der Waals surface area (Å²) in [4.78, 5) is 13.7. The van der Waals surface area contributed by atoms with Gasteiger partial charge in [0.25, 0.3) is 5.91 Å². The first-order chi connectivity index (χ1) is 12.3. The molecule has 1 aromatic carbocycles. The predicted molar refractivity (Wildman–Crippen MR) is 93.1 cm³/mol. The van der Waals surface area contributed by atoms with Gasteiger partial charge in [-0.3, -0.25) is 4.79 Å². The van der Waals surface area contributed by atoms with E-state index in [0.717, 1.165) is 11.0 Å². The van der Waals surface area contributed by atoms with Crippen molar-refractivity contribution < 1.29 is 26.7 Å². The lowest BCUT2D eigenvalue weighted by molar-refractivity contribution is -0.184. The largest absolute Gasteiger partial charge is 0.393 e. The second kappa shape index (κ2) is 8.73. The molecule has 0 aromatic heterocycles. The molecular weight excluding hydrogens is 391 g/mol. The summed E-state index contributed by atoms with van der Waals surface area (Å²) in [5.74, 6) is -4.56. The maximum absolute atomic E-state index is 14.2. The lowest BCUT2D eigenvalue weighted by Gasteiger charge is -2.34. The fraction of sp³-hybridized carbons (Fsp3) is 0.611. The van der Waals surface area contributed by atoms with E-state index in [1.807, 2.05) is 0 Å². The van der Waals surface area contributed by atoms with Gasteiger partial charge in [0.15, 0.2) is 11.6 Å². The van der Waals surface area contributed by atoms with Gasteiger partial charge in [-0.25, -0.2) is 8.78 Å². The van der Waals surface area contributed by atoms with Crippen LogP contribution in [0.1, 0.15) is 47.5 Å². The van der Waals surface area contributed by atoms with E-state index in [2.05, 4.69) is 5.32 Å². The molecule has 0 aliphatic carbocycles. The van der Waals surface area contributed by atoms with Crippen molar-refractivity contribution >= 4 is 18.3 Å². The zero-order valence-electron chi connectivity index (χ0n) is 14.6. The van der Waals surface area contributed by atoms with E-state index in [1.54, 1.807) is 0 Å². The Morgan fingerprint density at radius 1 is 1.11 bits per heavy atom. The van der Waals surface area contributed by atoms with E-state index in [1.165, 1.54) is 6.07 Å². The first-order valence-electron chi connectivity index (χ1n) is 8.83. The Kier molecular flexibility index (Phi) is 7.08. The van der Waals surface area contributed by atoms with Gasteiger partial charge in [-0.15, -0.1) is 12.4 Å². The molecule has 2 aliphatic heterocycles. The van der Waals surface area contributed by atoms with E-state index < -0.39 is 36.2 Å². The van der Waals surface area contributed by atoms with E-state index in [9.17, 15) is 26.7 Å². The number of alkyl halides is 3. The number of benzene rings is 1. The van der Waals surface area contributed by atoms with Gasteiger partial charge in [0, 0.05) is 18.7 Å². The number of hydrogen-bond acceptors (Lipinski definition) is 2. The van der Waals surface area contributed by atoms with Crippen LogP contribution in [0.25, 0.3) is 0 Å². The van der Waals surface area contributed by atoms with Gasteiger partial charge >= 0.3 is 6.18 Å². The average molecular weight is 413 g/mol. The van der Waals surface area contributed by atoms with Crippen molar-refractivity contribution in [3.63, 3.8) is 0 Å². The SMILES string of the molecule is Cl.O=C(c1cc(F)c(F)c(C2CCNCC2)c1)N1CCCC(C(F)(F)F)C1. The van der Waals surface area contributed by atoms with E-state index in [-0.39, 0.29) is 48.8 Å². The summed E-state index contributed by atoms with van der Waals surface area (Å²) >= 11 is 0. The molecule has 0 radical (unpaired) electrons. The Balaban J connectivity index is 0.00000261. The van der Waals surface area contributed by atoms with Gasteiger partial charge in [0.05, 0.1) is 5.92 Å². The Morgan fingerprint density at radius 2 is 1.78 bits per heavy atom. The third kappa shape index (κ3) is 4.90. The predicted octanol–water partition coefficient (Wildman–Crippen LogP) is 4.27. The molecule has 0 spiro atoms. The molecule has 2 heterocycles. The van der Waals surface area contributed by atoms with Gasteiger partial charge < -0.3 is 10.2 Å². The van der Waals surface area contributed by atoms with Crippen molar-refractivity contribution in [3.8, 4) is 0 Å². The van der Waals surface area contributed by atoms with E-state index >= 15 is 0 Å². The number of amides is 1. The smallest absolute Gasteiger partial charge is 0.338 e. The molecule has 1 aromatic rings. The molecule has 1 atom stereocenters. The van der Waals surface area contributed by atoms with Gasteiger partial charge in [-0.05, 0) is 62.4 Å². The number of halogens is 6. The third-order valence-electron chi connectivity index (χ3n) is 5.25. The molecule has 0 bridgehead atoms. The van der Waals surface area contributed by atoms with Crippen LogP contribution >= 0.6 is 12.4 Å². The Bertz CT molecular complexity index is 676. The summed E-state index contributed by atoms with van der Waals surface area (Å²) < 4.78 is 67.1. The fourth-order valence-corrected chi connectivity index (χ4v) is 3.78. The summed E-state index contributed by atoms with van der Waals surface area (Å²) in [6.07, 6.45) is -2.92. The lowest BCUT2D eigenvalue weighted by Crippen LogP contribution is -2.44. The molecule has 2 aliphatic rings. The van der Waals surface area contributed by atoms with Crippen LogP contribution in [0.4, 0.5) is 22.0 Å².